The van der Waals surface area contributed by atoms with Gasteiger partial charge in [0.25, 0.3) is 0 Å². The van der Waals surface area contributed by atoms with Gasteiger partial charge >= 0.3 is 0 Å². The smallest absolute Gasteiger partial charge is 0.243 e. The number of nitrogens with zero attached hydrogens (tertiary/aromatic N) is 2. The van der Waals surface area contributed by atoms with Gasteiger partial charge in [-0.15, -0.1) is 24.0 Å². The number of carbonyl (C=O) groups excluding carboxylic acids is 1. The van der Waals surface area contributed by atoms with E-state index in [1.165, 1.54) is 25.7 Å². The molecule has 0 aromatic heterocycles. The van der Waals surface area contributed by atoms with E-state index in [0.29, 0.717) is 25.2 Å². The summed E-state index contributed by atoms with van der Waals surface area (Å²) in [5, 5.41) is 6.86. The molecule has 7 nitrogen and oxygen atoms in total. The fourth-order valence-electron chi connectivity index (χ4n) is 4.10. The van der Waals surface area contributed by atoms with Crippen molar-refractivity contribution in [1.29, 1.82) is 0 Å². The fraction of sp³-hybridized carbons (Fsp3) is 0.900. The molecule has 28 heavy (non-hydrogen) atoms. The molecular formula is C20H37IN4O3. The summed E-state index contributed by atoms with van der Waals surface area (Å²) in [7, 11) is 3.51. The Morgan fingerprint density at radius 1 is 1.18 bits per heavy atom. The lowest BCUT2D eigenvalue weighted by molar-refractivity contribution is -0.191. The number of amides is 1. The standard InChI is InChI=1S/C20H36N4O3.HI/c1-15-8-10-20(11-9-15)26-14-17(27-20)12-21-19(22-13-18(25)24(2)3)23-16-6-4-5-7-16;/h15-17H,4-14H2,1-3H3,(H2,21,22,23);1H. The van der Waals surface area contributed by atoms with Crippen molar-refractivity contribution in [3.63, 3.8) is 0 Å². The van der Waals surface area contributed by atoms with Gasteiger partial charge in [-0.2, -0.15) is 0 Å². The van der Waals surface area contributed by atoms with E-state index in [2.05, 4.69) is 22.5 Å². The Balaban J connectivity index is 0.00000280. The van der Waals surface area contributed by atoms with Crippen LogP contribution in [-0.2, 0) is 14.3 Å². The van der Waals surface area contributed by atoms with E-state index in [0.717, 1.165) is 31.6 Å². The Hall–Kier alpha value is -0.610. The largest absolute Gasteiger partial charge is 0.354 e. The lowest BCUT2D eigenvalue weighted by Gasteiger charge is -2.34. The second-order valence-electron chi connectivity index (χ2n) is 8.60. The molecule has 0 radical (unpaired) electrons. The van der Waals surface area contributed by atoms with Gasteiger partial charge in [0.15, 0.2) is 11.7 Å². The maximum atomic E-state index is 11.9. The maximum absolute atomic E-state index is 11.9. The molecule has 3 rings (SSSR count). The zero-order valence-electron chi connectivity index (χ0n) is 17.5. The minimum absolute atomic E-state index is 0. The summed E-state index contributed by atoms with van der Waals surface area (Å²) in [6.07, 6.45) is 9.17. The molecule has 1 heterocycles. The molecule has 162 valence electrons. The number of nitrogens with one attached hydrogen (secondary N) is 2. The van der Waals surface area contributed by atoms with Crippen LogP contribution >= 0.6 is 24.0 Å². The zero-order valence-corrected chi connectivity index (χ0v) is 19.9. The molecule has 3 fully saturated rings. The molecule has 1 spiro atoms. The van der Waals surface area contributed by atoms with Crippen molar-refractivity contribution in [2.24, 2.45) is 10.9 Å². The molecule has 3 aliphatic rings. The minimum Gasteiger partial charge on any atom is -0.354 e. The Morgan fingerprint density at radius 2 is 1.86 bits per heavy atom. The summed E-state index contributed by atoms with van der Waals surface area (Å²) in [6.45, 7) is 3.72. The van der Waals surface area contributed by atoms with Gasteiger partial charge in [-0.3, -0.25) is 4.79 Å². The van der Waals surface area contributed by atoms with Gasteiger partial charge in [-0.1, -0.05) is 19.8 Å². The Kier molecular flexibility index (Phi) is 9.27. The first-order chi connectivity index (χ1) is 13.0. The molecule has 2 aliphatic carbocycles. The van der Waals surface area contributed by atoms with Crippen molar-refractivity contribution in [1.82, 2.24) is 15.5 Å². The third-order valence-electron chi connectivity index (χ3n) is 6.01. The van der Waals surface area contributed by atoms with Crippen LogP contribution in [0.4, 0.5) is 0 Å². The average Bonchev–Trinajstić information content (AvgIpc) is 3.30. The molecule has 0 aromatic rings. The number of rotatable bonds is 5. The lowest BCUT2D eigenvalue weighted by Crippen LogP contribution is -2.46. The molecule has 2 N–H and O–H groups in total. The van der Waals surface area contributed by atoms with Gasteiger partial charge in [0.2, 0.25) is 5.91 Å². The summed E-state index contributed by atoms with van der Waals surface area (Å²) in [4.78, 5) is 18.0. The van der Waals surface area contributed by atoms with Crippen LogP contribution in [0.3, 0.4) is 0 Å². The van der Waals surface area contributed by atoms with Crippen molar-refractivity contribution in [3.05, 3.63) is 0 Å². The number of hydrogen-bond donors (Lipinski definition) is 2. The summed E-state index contributed by atoms with van der Waals surface area (Å²) in [5.74, 6) is 1.11. The molecule has 1 unspecified atom stereocenters. The van der Waals surface area contributed by atoms with Crippen molar-refractivity contribution in [2.75, 3.05) is 33.8 Å². The van der Waals surface area contributed by atoms with Crippen LogP contribution in [0.15, 0.2) is 4.99 Å². The first kappa shape index (κ1) is 23.7. The number of aliphatic imine (C=N–C) groups is 1. The SMILES string of the molecule is CC1CCC2(CC1)OCC(CNC(=NCC(=O)N(C)C)NC1CCCC1)O2.I. The number of halogens is 1. The zero-order chi connectivity index (χ0) is 19.3. The van der Waals surface area contributed by atoms with Crippen molar-refractivity contribution >= 4 is 35.8 Å². The molecule has 1 saturated heterocycles. The van der Waals surface area contributed by atoms with Crippen molar-refractivity contribution < 1.29 is 14.3 Å². The summed E-state index contributed by atoms with van der Waals surface area (Å²) < 4.78 is 12.3. The van der Waals surface area contributed by atoms with E-state index in [-0.39, 0.29) is 48.3 Å². The van der Waals surface area contributed by atoms with E-state index >= 15 is 0 Å². The molecule has 8 heteroatoms. The highest BCUT2D eigenvalue weighted by Crippen LogP contribution is 2.39. The second kappa shape index (κ2) is 11.0. The van der Waals surface area contributed by atoms with Crippen LogP contribution in [-0.4, -0.2) is 68.5 Å². The molecule has 0 bridgehead atoms. The first-order valence-electron chi connectivity index (χ1n) is 10.5. The quantitative estimate of drug-likeness (QED) is 0.339. The second-order valence-corrected chi connectivity index (χ2v) is 8.60. The van der Waals surface area contributed by atoms with Crippen LogP contribution in [0.5, 0.6) is 0 Å². The third kappa shape index (κ3) is 6.73. The average molecular weight is 508 g/mol. The predicted octanol–water partition coefficient (Wildman–Crippen LogP) is 2.49. The number of hydrogen-bond acceptors (Lipinski definition) is 4. The Bertz CT molecular complexity index is 530. The summed E-state index contributed by atoms with van der Waals surface area (Å²) >= 11 is 0. The highest BCUT2D eigenvalue weighted by atomic mass is 127. The lowest BCUT2D eigenvalue weighted by atomic mass is 9.86. The minimum atomic E-state index is -0.365. The number of likely N-dealkylation sites (N-methyl/N-ethyl adjacent to an activating group) is 1. The van der Waals surface area contributed by atoms with E-state index in [1.807, 2.05) is 0 Å². The van der Waals surface area contributed by atoms with E-state index < -0.39 is 0 Å². The summed E-state index contributed by atoms with van der Waals surface area (Å²) in [6, 6.07) is 0.442. The third-order valence-corrected chi connectivity index (χ3v) is 6.01. The van der Waals surface area contributed by atoms with Gasteiger partial charge < -0.3 is 25.0 Å². The van der Waals surface area contributed by atoms with Gasteiger partial charge in [-0.05, 0) is 31.6 Å². The van der Waals surface area contributed by atoms with Gasteiger partial charge in [0, 0.05) is 39.5 Å². The van der Waals surface area contributed by atoms with E-state index in [4.69, 9.17) is 9.47 Å². The molecule has 1 aliphatic heterocycles. The van der Waals surface area contributed by atoms with Crippen LogP contribution in [0, 0.1) is 5.92 Å². The van der Waals surface area contributed by atoms with Gasteiger partial charge in [0.05, 0.1) is 6.61 Å². The van der Waals surface area contributed by atoms with Crippen molar-refractivity contribution in [2.45, 2.75) is 76.2 Å². The summed E-state index contributed by atoms with van der Waals surface area (Å²) in [5.41, 5.74) is 0. The Morgan fingerprint density at radius 3 is 2.50 bits per heavy atom. The predicted molar refractivity (Wildman–Crippen MR) is 121 cm³/mol. The Labute approximate surface area is 186 Å². The normalized spacial score (nSPS) is 30.9. The maximum Gasteiger partial charge on any atom is 0.243 e. The molecular weight excluding hydrogens is 471 g/mol. The van der Waals surface area contributed by atoms with Crippen molar-refractivity contribution in [3.8, 4) is 0 Å². The van der Waals surface area contributed by atoms with Gasteiger partial charge in [-0.25, -0.2) is 4.99 Å². The first-order valence-corrected chi connectivity index (χ1v) is 10.5. The van der Waals surface area contributed by atoms with Crippen LogP contribution in [0.2, 0.25) is 0 Å². The number of carbonyl (C=O) groups is 1. The number of guanidine groups is 1. The molecule has 2 saturated carbocycles. The van der Waals surface area contributed by atoms with E-state index in [9.17, 15) is 4.79 Å². The monoisotopic (exact) mass is 508 g/mol. The highest BCUT2D eigenvalue weighted by Gasteiger charge is 2.43. The van der Waals surface area contributed by atoms with Gasteiger partial charge in [0.1, 0.15) is 12.6 Å². The highest BCUT2D eigenvalue weighted by molar-refractivity contribution is 14.0. The molecule has 1 atom stereocenters. The van der Waals surface area contributed by atoms with E-state index in [1.54, 1.807) is 19.0 Å². The molecule has 1 amide bonds. The van der Waals surface area contributed by atoms with Crippen LogP contribution in [0.25, 0.3) is 0 Å². The fourth-order valence-corrected chi connectivity index (χ4v) is 4.10. The van der Waals surface area contributed by atoms with Crippen LogP contribution < -0.4 is 10.6 Å². The van der Waals surface area contributed by atoms with Crippen LogP contribution in [0.1, 0.15) is 58.3 Å². The topological polar surface area (TPSA) is 75.2 Å². The number of ether oxygens (including phenoxy) is 2. The molecule has 0 aromatic carbocycles.